The second kappa shape index (κ2) is 7.18. The molecule has 3 rings (SSSR count). The number of nitrogens with zero attached hydrogens (tertiary/aromatic N) is 2. The van der Waals surface area contributed by atoms with Crippen LogP contribution >= 0.6 is 0 Å². The lowest BCUT2D eigenvalue weighted by molar-refractivity contribution is -0.139. The number of halogens is 3. The molecule has 0 N–H and O–H groups in total. The smallest absolute Gasteiger partial charge is 0.417 e. The summed E-state index contributed by atoms with van der Waals surface area (Å²) >= 11 is 0. The number of imidazole rings is 1. The number of benzene rings is 1. The number of esters is 1. The lowest BCUT2D eigenvalue weighted by Crippen LogP contribution is -2.34. The molecule has 0 bridgehead atoms. The van der Waals surface area contributed by atoms with E-state index in [2.05, 4.69) is 11.9 Å². The summed E-state index contributed by atoms with van der Waals surface area (Å²) in [4.78, 5) is 17.0. The van der Waals surface area contributed by atoms with Crippen LogP contribution in [0.25, 0.3) is 0 Å². The predicted molar refractivity (Wildman–Crippen MR) is 104 cm³/mol. The summed E-state index contributed by atoms with van der Waals surface area (Å²) in [6.07, 6.45) is 0.0349. The SMILES string of the molecule is Cc1cnc(C2(C)CCC2)n1Cc1cccc(C(=O)OC(C)(C)C)c1C(F)(F)F. The number of aromatic nitrogens is 2. The zero-order valence-electron chi connectivity index (χ0n) is 17.5. The molecule has 29 heavy (non-hydrogen) atoms. The number of hydrogen-bond acceptors (Lipinski definition) is 3. The van der Waals surface area contributed by atoms with E-state index in [1.54, 1.807) is 27.0 Å². The topological polar surface area (TPSA) is 44.1 Å². The lowest BCUT2D eigenvalue weighted by atomic mass is 9.70. The minimum Gasteiger partial charge on any atom is -0.456 e. The summed E-state index contributed by atoms with van der Waals surface area (Å²) < 4.78 is 49.1. The molecule has 7 heteroatoms. The monoisotopic (exact) mass is 408 g/mol. The third kappa shape index (κ3) is 4.33. The van der Waals surface area contributed by atoms with Gasteiger partial charge in [0.05, 0.1) is 11.1 Å². The zero-order chi connectivity index (χ0) is 21.6. The summed E-state index contributed by atoms with van der Waals surface area (Å²) in [5, 5.41) is 0. The van der Waals surface area contributed by atoms with Gasteiger partial charge in [0.15, 0.2) is 0 Å². The van der Waals surface area contributed by atoms with Crippen LogP contribution in [0.3, 0.4) is 0 Å². The molecule has 1 saturated carbocycles. The Hall–Kier alpha value is -2.31. The van der Waals surface area contributed by atoms with Gasteiger partial charge in [-0.25, -0.2) is 9.78 Å². The average Bonchev–Trinajstić information content (AvgIpc) is 2.91. The largest absolute Gasteiger partial charge is 0.456 e. The van der Waals surface area contributed by atoms with Gasteiger partial charge in [-0.3, -0.25) is 0 Å². The summed E-state index contributed by atoms with van der Waals surface area (Å²) in [6, 6.07) is 4.07. The molecule has 0 radical (unpaired) electrons. The van der Waals surface area contributed by atoms with Gasteiger partial charge in [-0.15, -0.1) is 0 Å². The average molecular weight is 408 g/mol. The Morgan fingerprint density at radius 2 is 1.90 bits per heavy atom. The van der Waals surface area contributed by atoms with Crippen molar-refractivity contribution < 1.29 is 22.7 Å². The maximum absolute atomic E-state index is 14.0. The van der Waals surface area contributed by atoms with Crippen molar-refractivity contribution >= 4 is 5.97 Å². The lowest BCUT2D eigenvalue weighted by Gasteiger charge is -2.38. The van der Waals surface area contributed by atoms with Crippen LogP contribution in [0, 0.1) is 6.92 Å². The molecule has 0 unspecified atom stereocenters. The second-order valence-electron chi connectivity index (χ2n) is 9.06. The highest BCUT2D eigenvalue weighted by atomic mass is 19.4. The van der Waals surface area contributed by atoms with Gasteiger partial charge in [0, 0.05) is 23.9 Å². The van der Waals surface area contributed by atoms with Crippen LogP contribution in [-0.4, -0.2) is 21.1 Å². The van der Waals surface area contributed by atoms with Crippen molar-refractivity contribution in [3.8, 4) is 0 Å². The number of alkyl halides is 3. The first-order valence-electron chi connectivity index (χ1n) is 9.77. The molecule has 2 aromatic rings. The fourth-order valence-corrected chi connectivity index (χ4v) is 3.81. The Bertz CT molecular complexity index is 919. The van der Waals surface area contributed by atoms with Gasteiger partial charge < -0.3 is 9.30 Å². The van der Waals surface area contributed by atoms with Crippen molar-refractivity contribution in [1.29, 1.82) is 0 Å². The number of aryl methyl sites for hydroxylation is 1. The fraction of sp³-hybridized carbons (Fsp3) is 0.545. The molecule has 1 heterocycles. The van der Waals surface area contributed by atoms with Gasteiger partial charge in [0.1, 0.15) is 11.4 Å². The standard InChI is InChI=1S/C22H27F3N2O2/c1-14-12-26-19(21(5)10-7-11-21)27(14)13-15-8-6-9-16(17(15)22(23,24)25)18(28)29-20(2,3)4/h6,8-9,12H,7,10-11,13H2,1-5H3. The maximum atomic E-state index is 14.0. The van der Waals surface area contributed by atoms with E-state index in [9.17, 15) is 18.0 Å². The highest BCUT2D eigenvalue weighted by molar-refractivity contribution is 5.92. The van der Waals surface area contributed by atoms with Crippen LogP contribution in [0.2, 0.25) is 0 Å². The molecule has 158 valence electrons. The van der Waals surface area contributed by atoms with E-state index in [1.165, 1.54) is 18.2 Å². The highest BCUT2D eigenvalue weighted by Gasteiger charge is 2.41. The van der Waals surface area contributed by atoms with Crippen LogP contribution in [0.5, 0.6) is 0 Å². The summed E-state index contributed by atoms with van der Waals surface area (Å²) in [5.41, 5.74) is -1.57. The van der Waals surface area contributed by atoms with Crippen LogP contribution in [0.15, 0.2) is 24.4 Å². The van der Waals surface area contributed by atoms with E-state index in [-0.39, 0.29) is 17.5 Å². The van der Waals surface area contributed by atoms with E-state index in [1.807, 2.05) is 11.5 Å². The van der Waals surface area contributed by atoms with Crippen molar-refractivity contribution in [2.45, 2.75) is 77.6 Å². The highest BCUT2D eigenvalue weighted by Crippen LogP contribution is 2.43. The zero-order valence-corrected chi connectivity index (χ0v) is 17.5. The van der Waals surface area contributed by atoms with Gasteiger partial charge in [0.25, 0.3) is 0 Å². The third-order valence-corrected chi connectivity index (χ3v) is 5.43. The van der Waals surface area contributed by atoms with Crippen molar-refractivity contribution in [3.63, 3.8) is 0 Å². The van der Waals surface area contributed by atoms with Gasteiger partial charge in [-0.2, -0.15) is 13.2 Å². The Labute approximate surface area is 169 Å². The Balaban J connectivity index is 2.07. The quantitative estimate of drug-likeness (QED) is 0.614. The predicted octanol–water partition coefficient (Wildman–Crippen LogP) is 5.66. The Morgan fingerprint density at radius 1 is 1.24 bits per heavy atom. The van der Waals surface area contributed by atoms with Crippen LogP contribution in [0.4, 0.5) is 13.2 Å². The van der Waals surface area contributed by atoms with E-state index in [0.717, 1.165) is 30.8 Å². The second-order valence-corrected chi connectivity index (χ2v) is 9.06. The molecule has 4 nitrogen and oxygen atoms in total. The number of carbonyl (C=O) groups excluding carboxylic acids is 1. The van der Waals surface area contributed by atoms with Crippen molar-refractivity contribution in [2.24, 2.45) is 0 Å². The van der Waals surface area contributed by atoms with E-state index in [0.29, 0.717) is 0 Å². The van der Waals surface area contributed by atoms with Crippen LogP contribution in [-0.2, 0) is 22.9 Å². The molecule has 0 saturated heterocycles. The molecule has 1 aromatic heterocycles. The molecular weight excluding hydrogens is 381 g/mol. The maximum Gasteiger partial charge on any atom is 0.417 e. The van der Waals surface area contributed by atoms with Crippen molar-refractivity contribution in [1.82, 2.24) is 9.55 Å². The van der Waals surface area contributed by atoms with E-state index >= 15 is 0 Å². The minimum absolute atomic E-state index is 0.00222. The normalized spacial score (nSPS) is 16.4. The first kappa shape index (κ1) is 21.4. The molecule has 1 aliphatic rings. The van der Waals surface area contributed by atoms with E-state index < -0.39 is 28.9 Å². The molecular formula is C22H27F3N2O2. The summed E-state index contributed by atoms with van der Waals surface area (Å²) in [7, 11) is 0. The summed E-state index contributed by atoms with van der Waals surface area (Å²) in [6.45, 7) is 8.82. The molecule has 0 aliphatic heterocycles. The molecule has 0 spiro atoms. The Morgan fingerprint density at radius 3 is 2.41 bits per heavy atom. The third-order valence-electron chi connectivity index (χ3n) is 5.43. The number of ether oxygens (including phenoxy) is 1. The number of carbonyl (C=O) groups is 1. The molecule has 1 aliphatic carbocycles. The first-order chi connectivity index (χ1) is 13.3. The fourth-order valence-electron chi connectivity index (χ4n) is 3.81. The van der Waals surface area contributed by atoms with Crippen LogP contribution in [0.1, 0.15) is 80.0 Å². The first-order valence-corrected chi connectivity index (χ1v) is 9.77. The van der Waals surface area contributed by atoms with Gasteiger partial charge in [-0.05, 0) is 52.2 Å². The molecule has 1 aromatic carbocycles. The van der Waals surface area contributed by atoms with Crippen LogP contribution < -0.4 is 0 Å². The molecule has 0 atom stereocenters. The van der Waals surface area contributed by atoms with Crippen molar-refractivity contribution in [3.05, 3.63) is 52.6 Å². The number of rotatable bonds is 4. The van der Waals surface area contributed by atoms with Gasteiger partial charge in [0.2, 0.25) is 0 Å². The van der Waals surface area contributed by atoms with Gasteiger partial charge >= 0.3 is 12.1 Å². The molecule has 0 amide bonds. The molecule has 1 fully saturated rings. The van der Waals surface area contributed by atoms with Crippen molar-refractivity contribution in [2.75, 3.05) is 0 Å². The summed E-state index contributed by atoms with van der Waals surface area (Å²) in [5.74, 6) is -0.169. The number of hydrogen-bond donors (Lipinski definition) is 0. The van der Waals surface area contributed by atoms with Gasteiger partial charge in [-0.1, -0.05) is 25.5 Å². The Kier molecular flexibility index (Phi) is 5.30. The van der Waals surface area contributed by atoms with E-state index in [4.69, 9.17) is 4.74 Å². The minimum atomic E-state index is -4.68.